The minimum Gasteiger partial charge on any atom is -0.442 e. The third-order valence-electron chi connectivity index (χ3n) is 4.73. The van der Waals surface area contributed by atoms with Gasteiger partial charge in [-0.05, 0) is 47.1 Å². The molecule has 2 aromatic carbocycles. The first-order chi connectivity index (χ1) is 15.3. The zero-order valence-corrected chi connectivity index (χ0v) is 19.7. The molecule has 1 fully saturated rings. The predicted molar refractivity (Wildman–Crippen MR) is 121 cm³/mol. The Hall–Kier alpha value is -3.39. The van der Waals surface area contributed by atoms with Gasteiger partial charge in [-0.3, -0.25) is 4.79 Å². The van der Waals surface area contributed by atoms with E-state index in [-0.39, 0.29) is 0 Å². The lowest BCUT2D eigenvalue weighted by molar-refractivity contribution is -0.149. The molecule has 8 nitrogen and oxygen atoms in total. The summed E-state index contributed by atoms with van der Waals surface area (Å²) in [7, 11) is 0. The fourth-order valence-electron chi connectivity index (χ4n) is 3.51. The largest absolute Gasteiger partial charge is 0.510 e. The maximum Gasteiger partial charge on any atom is 0.510 e. The zero-order chi connectivity index (χ0) is 24.4. The molecule has 1 N–H and O–H groups in total. The van der Waals surface area contributed by atoms with Crippen molar-refractivity contribution in [2.24, 2.45) is 0 Å². The lowest BCUT2D eigenvalue weighted by Gasteiger charge is -2.33. The molecule has 0 spiro atoms. The van der Waals surface area contributed by atoms with Gasteiger partial charge in [-0.1, -0.05) is 60.7 Å². The summed E-state index contributed by atoms with van der Waals surface area (Å²) in [6, 6.07) is 16.6. The van der Waals surface area contributed by atoms with E-state index < -0.39 is 41.0 Å². The van der Waals surface area contributed by atoms with Crippen LogP contribution < -0.4 is 5.43 Å². The summed E-state index contributed by atoms with van der Waals surface area (Å²) in [5, 5.41) is 0.764. The normalized spacial score (nSPS) is 21.0. The SMILES string of the molecule is CC(C)(C)OC(=O)O[C@@]1(c2ccccc2)C(=O)N(C(=O)OC(C)(C)C)N[C@@H]1c1ccccc1. The van der Waals surface area contributed by atoms with E-state index in [1.807, 2.05) is 6.07 Å². The Morgan fingerprint density at radius 2 is 1.36 bits per heavy atom. The van der Waals surface area contributed by atoms with Gasteiger partial charge < -0.3 is 14.2 Å². The number of nitrogens with zero attached hydrogens (tertiary/aromatic N) is 1. The molecule has 176 valence electrons. The molecule has 0 radical (unpaired) electrons. The van der Waals surface area contributed by atoms with Crippen LogP contribution in [-0.4, -0.2) is 34.4 Å². The van der Waals surface area contributed by atoms with Gasteiger partial charge in [0.15, 0.2) is 0 Å². The lowest BCUT2D eigenvalue weighted by atomic mass is 9.83. The Balaban J connectivity index is 2.16. The topological polar surface area (TPSA) is 94.2 Å². The highest BCUT2D eigenvalue weighted by atomic mass is 16.7. The molecule has 1 aliphatic rings. The Labute approximate surface area is 193 Å². The Bertz CT molecular complexity index is 1010. The molecule has 1 aliphatic heterocycles. The number of carbonyl (C=O) groups is 3. The van der Waals surface area contributed by atoms with Crippen LogP contribution >= 0.6 is 0 Å². The molecule has 2 atom stereocenters. The number of imide groups is 1. The molecule has 0 unspecified atom stereocenters. The number of nitrogens with one attached hydrogen (secondary N) is 1. The van der Waals surface area contributed by atoms with Gasteiger partial charge in [-0.25, -0.2) is 15.0 Å². The molecule has 3 rings (SSSR count). The van der Waals surface area contributed by atoms with E-state index in [0.29, 0.717) is 11.1 Å². The summed E-state index contributed by atoms with van der Waals surface area (Å²) in [6.45, 7) is 10.2. The molecule has 33 heavy (non-hydrogen) atoms. The fraction of sp³-hybridized carbons (Fsp3) is 0.400. The Morgan fingerprint density at radius 1 is 0.848 bits per heavy atom. The van der Waals surface area contributed by atoms with Crippen LogP contribution in [0.3, 0.4) is 0 Å². The van der Waals surface area contributed by atoms with Crippen molar-refractivity contribution in [2.45, 2.75) is 64.4 Å². The summed E-state index contributed by atoms with van der Waals surface area (Å²) in [6.07, 6.45) is -1.94. The second-order valence-electron chi connectivity index (χ2n) is 9.76. The number of benzene rings is 2. The standard InChI is InChI=1S/C25H30N2O6/c1-23(2,3)31-21(29)27-20(28)25(18-15-11-8-12-16-18,33-22(30)32-24(4,5)6)19(26-27)17-13-9-7-10-14-17/h7-16,19,26H,1-6H3/t19-,25-/m1/s1. The van der Waals surface area contributed by atoms with Gasteiger partial charge in [0.25, 0.3) is 5.91 Å². The number of amides is 2. The molecular formula is C25H30N2O6. The molecule has 1 heterocycles. The third kappa shape index (κ3) is 5.34. The van der Waals surface area contributed by atoms with Crippen LogP contribution in [0.5, 0.6) is 0 Å². The minimum absolute atomic E-state index is 0.383. The average Bonchev–Trinajstić information content (AvgIpc) is 3.00. The second kappa shape index (κ2) is 8.86. The maximum absolute atomic E-state index is 13.9. The fourth-order valence-corrected chi connectivity index (χ4v) is 3.51. The quantitative estimate of drug-likeness (QED) is 0.662. The highest BCUT2D eigenvalue weighted by Gasteiger charge is 2.62. The smallest absolute Gasteiger partial charge is 0.442 e. The molecule has 8 heteroatoms. The van der Waals surface area contributed by atoms with Crippen LogP contribution in [0.4, 0.5) is 9.59 Å². The van der Waals surface area contributed by atoms with Gasteiger partial charge >= 0.3 is 12.2 Å². The molecule has 0 saturated carbocycles. The van der Waals surface area contributed by atoms with E-state index in [2.05, 4.69) is 5.43 Å². The van der Waals surface area contributed by atoms with Crippen molar-refractivity contribution in [3.05, 3.63) is 71.8 Å². The van der Waals surface area contributed by atoms with E-state index in [4.69, 9.17) is 14.2 Å². The lowest BCUT2D eigenvalue weighted by Crippen LogP contribution is -2.47. The highest BCUT2D eigenvalue weighted by molar-refractivity contribution is 6.00. The van der Waals surface area contributed by atoms with Crippen molar-refractivity contribution in [3.8, 4) is 0 Å². The molecule has 0 bridgehead atoms. The average molecular weight is 455 g/mol. The summed E-state index contributed by atoms with van der Waals surface area (Å²) in [5.41, 5.74) is 0.318. The van der Waals surface area contributed by atoms with Crippen LogP contribution in [0.1, 0.15) is 58.7 Å². The van der Waals surface area contributed by atoms with Crippen molar-refractivity contribution in [3.63, 3.8) is 0 Å². The van der Waals surface area contributed by atoms with E-state index >= 15 is 0 Å². The van der Waals surface area contributed by atoms with Gasteiger partial charge in [0.2, 0.25) is 5.60 Å². The van der Waals surface area contributed by atoms with Crippen molar-refractivity contribution in [1.82, 2.24) is 10.4 Å². The van der Waals surface area contributed by atoms with Crippen LogP contribution in [0.2, 0.25) is 0 Å². The van der Waals surface area contributed by atoms with Gasteiger partial charge in [-0.15, -0.1) is 0 Å². The van der Waals surface area contributed by atoms with Crippen molar-refractivity contribution in [1.29, 1.82) is 0 Å². The van der Waals surface area contributed by atoms with E-state index in [1.165, 1.54) is 0 Å². The van der Waals surface area contributed by atoms with Gasteiger partial charge in [-0.2, -0.15) is 5.01 Å². The second-order valence-corrected chi connectivity index (χ2v) is 9.76. The monoisotopic (exact) mass is 454 g/mol. The Morgan fingerprint density at radius 3 is 1.88 bits per heavy atom. The molecule has 1 saturated heterocycles. The molecule has 0 aliphatic carbocycles. The zero-order valence-electron chi connectivity index (χ0n) is 19.7. The van der Waals surface area contributed by atoms with Crippen LogP contribution in [0.25, 0.3) is 0 Å². The highest BCUT2D eigenvalue weighted by Crippen LogP contribution is 2.45. The number of hydrogen-bond donors (Lipinski definition) is 1. The molecular weight excluding hydrogens is 424 g/mol. The minimum atomic E-state index is -1.91. The summed E-state index contributed by atoms with van der Waals surface area (Å²) in [4.78, 5) is 39.7. The summed E-state index contributed by atoms with van der Waals surface area (Å²) >= 11 is 0. The predicted octanol–water partition coefficient (Wildman–Crippen LogP) is 4.86. The van der Waals surface area contributed by atoms with Gasteiger partial charge in [0, 0.05) is 5.56 Å². The van der Waals surface area contributed by atoms with Crippen molar-refractivity contribution < 1.29 is 28.6 Å². The summed E-state index contributed by atoms with van der Waals surface area (Å²) < 4.78 is 16.6. The van der Waals surface area contributed by atoms with E-state index in [1.54, 1.807) is 96.1 Å². The van der Waals surface area contributed by atoms with Gasteiger partial charge in [0.1, 0.15) is 17.2 Å². The number of rotatable bonds is 3. The third-order valence-corrected chi connectivity index (χ3v) is 4.73. The van der Waals surface area contributed by atoms with Crippen molar-refractivity contribution >= 4 is 18.2 Å². The first kappa shape index (κ1) is 24.3. The summed E-state index contributed by atoms with van der Waals surface area (Å²) in [5.74, 6) is -0.789. The first-order valence-corrected chi connectivity index (χ1v) is 10.7. The Kier molecular flexibility index (Phi) is 6.51. The van der Waals surface area contributed by atoms with Crippen LogP contribution in [0.15, 0.2) is 60.7 Å². The van der Waals surface area contributed by atoms with E-state index in [0.717, 1.165) is 5.01 Å². The maximum atomic E-state index is 13.9. The number of hydrazine groups is 1. The number of hydrogen-bond acceptors (Lipinski definition) is 7. The van der Waals surface area contributed by atoms with Crippen molar-refractivity contribution in [2.75, 3.05) is 0 Å². The number of carbonyl (C=O) groups excluding carboxylic acids is 3. The van der Waals surface area contributed by atoms with Crippen LogP contribution in [-0.2, 0) is 24.6 Å². The number of ether oxygens (including phenoxy) is 3. The molecule has 2 aromatic rings. The first-order valence-electron chi connectivity index (χ1n) is 10.7. The molecule has 0 aromatic heterocycles. The van der Waals surface area contributed by atoms with Gasteiger partial charge in [0.05, 0.1) is 0 Å². The van der Waals surface area contributed by atoms with Crippen LogP contribution in [0, 0.1) is 0 Å². The van der Waals surface area contributed by atoms with E-state index in [9.17, 15) is 14.4 Å². The molecule has 2 amide bonds.